The molecule has 0 aliphatic carbocycles. The molecule has 0 N–H and O–H groups in total. The Balaban J connectivity index is 0.000000303. The minimum atomic E-state index is -0.0978. The summed E-state index contributed by atoms with van der Waals surface area (Å²) in [6.45, 7) is 15.7. The van der Waals surface area contributed by atoms with Crippen LogP contribution in [0, 0.1) is 12.7 Å². The highest BCUT2D eigenvalue weighted by atomic mass is 19.1. The predicted octanol–water partition coefficient (Wildman–Crippen LogP) is 8.52. The number of benzene rings is 3. The molecule has 0 aliphatic rings. The van der Waals surface area contributed by atoms with Crippen molar-refractivity contribution in [3.63, 3.8) is 0 Å². The highest BCUT2D eigenvalue weighted by molar-refractivity contribution is 5.95. The van der Waals surface area contributed by atoms with Crippen molar-refractivity contribution in [2.75, 3.05) is 6.61 Å². The number of rotatable bonds is 8. The van der Waals surface area contributed by atoms with E-state index in [2.05, 4.69) is 78.7 Å². The number of aromatic nitrogens is 1. The van der Waals surface area contributed by atoms with E-state index >= 15 is 0 Å². The minimum absolute atomic E-state index is 0.0978. The van der Waals surface area contributed by atoms with Gasteiger partial charge in [-0.15, -0.1) is 0 Å². The molecule has 3 aromatic carbocycles. The zero-order valence-corrected chi connectivity index (χ0v) is 22.1. The van der Waals surface area contributed by atoms with Crippen LogP contribution in [0.4, 0.5) is 4.39 Å². The van der Waals surface area contributed by atoms with E-state index in [-0.39, 0.29) is 5.82 Å². The van der Waals surface area contributed by atoms with Gasteiger partial charge in [-0.05, 0) is 60.6 Å². The highest BCUT2D eigenvalue weighted by Gasteiger charge is 2.18. The lowest BCUT2D eigenvalue weighted by Crippen LogP contribution is -2.06. The van der Waals surface area contributed by atoms with Crippen molar-refractivity contribution in [2.45, 2.75) is 53.5 Å². The van der Waals surface area contributed by atoms with Crippen LogP contribution in [-0.2, 0) is 17.8 Å². The molecule has 0 saturated carbocycles. The molecular weight excluding hydrogens is 447 g/mol. The van der Waals surface area contributed by atoms with Gasteiger partial charge in [0.25, 0.3) is 0 Å². The Morgan fingerprint density at radius 1 is 1.00 bits per heavy atom. The first-order valence-corrected chi connectivity index (χ1v) is 12.6. The van der Waals surface area contributed by atoms with E-state index in [9.17, 15) is 4.39 Å². The van der Waals surface area contributed by atoms with Gasteiger partial charge in [0.15, 0.2) is 0 Å². The number of halogens is 1. The van der Waals surface area contributed by atoms with E-state index in [1.807, 2.05) is 32.1 Å². The second-order valence-corrected chi connectivity index (χ2v) is 9.10. The molecule has 188 valence electrons. The maximum absolute atomic E-state index is 12.8. The molecule has 4 heteroatoms. The first kappa shape index (κ1) is 26.9. The summed E-state index contributed by atoms with van der Waals surface area (Å²) in [6, 6.07) is 22.4. The fraction of sp³-hybridized carbons (Fsp3) is 0.281. The molecule has 3 nitrogen and oxygen atoms in total. The SMILES string of the molecule is C=Cc1c(C(C)C)n(Cc2ccccc2)c2cc(/C=N/OCC)ccc12.CCc1ccc(C)c(F)c1. The van der Waals surface area contributed by atoms with Gasteiger partial charge >= 0.3 is 0 Å². The number of hydrogen-bond acceptors (Lipinski definition) is 2. The molecule has 0 amide bonds. The van der Waals surface area contributed by atoms with Crippen molar-refractivity contribution >= 4 is 23.2 Å². The van der Waals surface area contributed by atoms with Crippen LogP contribution in [0.5, 0.6) is 0 Å². The molecule has 0 radical (unpaired) electrons. The van der Waals surface area contributed by atoms with Crippen LogP contribution in [0.3, 0.4) is 0 Å². The number of oxime groups is 1. The van der Waals surface area contributed by atoms with Gasteiger partial charge in [-0.2, -0.15) is 0 Å². The quantitative estimate of drug-likeness (QED) is 0.182. The summed E-state index contributed by atoms with van der Waals surface area (Å²) in [5.41, 5.74) is 7.84. The molecule has 0 saturated heterocycles. The van der Waals surface area contributed by atoms with Gasteiger partial charge in [0, 0.05) is 28.7 Å². The van der Waals surface area contributed by atoms with Gasteiger partial charge in [-0.25, -0.2) is 4.39 Å². The Bertz CT molecular complexity index is 1320. The minimum Gasteiger partial charge on any atom is -0.396 e. The monoisotopic (exact) mass is 484 g/mol. The van der Waals surface area contributed by atoms with E-state index in [1.165, 1.54) is 27.7 Å². The Labute approximate surface area is 214 Å². The third kappa shape index (κ3) is 6.51. The third-order valence-corrected chi connectivity index (χ3v) is 6.15. The Morgan fingerprint density at radius 2 is 1.75 bits per heavy atom. The van der Waals surface area contributed by atoms with Gasteiger partial charge in [0.1, 0.15) is 12.4 Å². The van der Waals surface area contributed by atoms with Crippen molar-refractivity contribution in [3.8, 4) is 0 Å². The zero-order valence-electron chi connectivity index (χ0n) is 22.1. The molecule has 0 atom stereocenters. The maximum Gasteiger partial charge on any atom is 0.126 e. The van der Waals surface area contributed by atoms with Crippen LogP contribution in [-0.4, -0.2) is 17.4 Å². The number of aryl methyl sites for hydroxylation is 2. The summed E-state index contributed by atoms with van der Waals surface area (Å²) in [4.78, 5) is 5.11. The largest absolute Gasteiger partial charge is 0.396 e. The molecule has 4 aromatic rings. The third-order valence-electron chi connectivity index (χ3n) is 6.15. The van der Waals surface area contributed by atoms with Crippen molar-refractivity contribution in [2.24, 2.45) is 5.16 Å². The van der Waals surface area contributed by atoms with Crippen molar-refractivity contribution < 1.29 is 9.23 Å². The number of nitrogens with zero attached hydrogens (tertiary/aromatic N) is 2. The lowest BCUT2D eigenvalue weighted by atomic mass is 10.0. The first-order chi connectivity index (χ1) is 17.4. The fourth-order valence-electron chi connectivity index (χ4n) is 4.30. The van der Waals surface area contributed by atoms with Crippen LogP contribution in [0.2, 0.25) is 0 Å². The highest BCUT2D eigenvalue weighted by Crippen LogP contribution is 2.33. The van der Waals surface area contributed by atoms with Crippen molar-refractivity contribution in [1.29, 1.82) is 0 Å². The topological polar surface area (TPSA) is 26.5 Å². The number of hydrogen-bond donors (Lipinski definition) is 0. The van der Waals surface area contributed by atoms with Crippen LogP contribution < -0.4 is 0 Å². The van der Waals surface area contributed by atoms with E-state index in [0.29, 0.717) is 12.5 Å². The summed E-state index contributed by atoms with van der Waals surface area (Å²) >= 11 is 0. The fourth-order valence-corrected chi connectivity index (χ4v) is 4.30. The van der Waals surface area contributed by atoms with Crippen LogP contribution in [0.1, 0.15) is 67.1 Å². The molecule has 0 bridgehead atoms. The lowest BCUT2D eigenvalue weighted by Gasteiger charge is -2.15. The summed E-state index contributed by atoms with van der Waals surface area (Å²) in [5.74, 6) is 0.305. The van der Waals surface area contributed by atoms with E-state index in [1.54, 1.807) is 19.2 Å². The normalized spacial score (nSPS) is 11.1. The zero-order chi connectivity index (χ0) is 26.1. The van der Waals surface area contributed by atoms with Gasteiger partial charge in [0.05, 0.1) is 6.21 Å². The molecule has 36 heavy (non-hydrogen) atoms. The molecular formula is C32H37FN2O. The smallest absolute Gasteiger partial charge is 0.126 e. The lowest BCUT2D eigenvalue weighted by molar-refractivity contribution is 0.160. The van der Waals surface area contributed by atoms with Gasteiger partial charge in [0.2, 0.25) is 0 Å². The van der Waals surface area contributed by atoms with E-state index < -0.39 is 0 Å². The first-order valence-electron chi connectivity index (χ1n) is 12.6. The van der Waals surface area contributed by atoms with Crippen molar-refractivity contribution in [1.82, 2.24) is 4.57 Å². The van der Waals surface area contributed by atoms with Gasteiger partial charge in [-0.1, -0.05) is 93.2 Å². The summed E-state index contributed by atoms with van der Waals surface area (Å²) in [5, 5.41) is 5.24. The van der Waals surface area contributed by atoms with Crippen LogP contribution in [0.15, 0.2) is 78.5 Å². The molecule has 0 aliphatic heterocycles. The molecule has 1 aromatic heterocycles. The molecule has 4 rings (SSSR count). The average Bonchev–Trinajstić information content (AvgIpc) is 3.19. The average molecular weight is 485 g/mol. The predicted molar refractivity (Wildman–Crippen MR) is 151 cm³/mol. The maximum atomic E-state index is 12.8. The van der Waals surface area contributed by atoms with Crippen molar-refractivity contribution in [3.05, 3.63) is 113 Å². The van der Waals surface area contributed by atoms with Crippen LogP contribution >= 0.6 is 0 Å². The summed E-state index contributed by atoms with van der Waals surface area (Å²) in [6.07, 6.45) is 4.65. The second kappa shape index (κ2) is 12.9. The molecule has 0 spiro atoms. The Morgan fingerprint density at radius 3 is 2.36 bits per heavy atom. The Hall–Kier alpha value is -3.66. The Kier molecular flexibility index (Phi) is 9.63. The molecule has 0 unspecified atom stereocenters. The second-order valence-electron chi connectivity index (χ2n) is 9.10. The van der Waals surface area contributed by atoms with E-state index in [0.717, 1.165) is 29.7 Å². The number of fused-ring (bicyclic) bond motifs is 1. The summed E-state index contributed by atoms with van der Waals surface area (Å²) < 4.78 is 15.2. The van der Waals surface area contributed by atoms with Gasteiger partial charge < -0.3 is 9.40 Å². The summed E-state index contributed by atoms with van der Waals surface area (Å²) in [7, 11) is 0. The van der Waals surface area contributed by atoms with Gasteiger partial charge in [-0.3, -0.25) is 0 Å². The molecule has 1 heterocycles. The van der Waals surface area contributed by atoms with E-state index in [4.69, 9.17) is 4.84 Å². The molecule has 0 fully saturated rings. The van der Waals surface area contributed by atoms with Crippen LogP contribution in [0.25, 0.3) is 17.0 Å². The standard InChI is InChI=1S/C23H26N2O.C9H11F/c1-5-20-21-13-12-19(15-24-26-6-2)14-22(21)25(23(20)17(3)4)16-18-10-8-7-9-11-18;1-3-8-5-4-7(2)9(10)6-8/h5,7-15,17H,1,6,16H2,2-4H3;4-6H,3H2,1-2H3/b24-15+;.